The number of likely N-dealkylation sites (tertiary alicyclic amines) is 1. The Morgan fingerprint density at radius 3 is 1.45 bits per heavy atom. The number of hydrogen-bond acceptors (Lipinski definition) is 2. The van der Waals surface area contributed by atoms with Crippen molar-refractivity contribution in [3.05, 3.63) is 11.6 Å². The molecule has 0 bridgehead atoms. The van der Waals surface area contributed by atoms with Crippen LogP contribution < -0.4 is 0 Å². The van der Waals surface area contributed by atoms with Gasteiger partial charge in [-0.1, -0.05) is 135 Å². The third kappa shape index (κ3) is 14.0. The molecule has 1 rings (SSSR count). The fraction of sp³-hybridized carbons (Fsp3) is 0.867. The predicted octanol–water partition coefficient (Wildman–Crippen LogP) is 9.29. The molecule has 1 aliphatic heterocycles. The predicted molar refractivity (Wildman–Crippen MR) is 142 cm³/mol. The Morgan fingerprint density at radius 2 is 1.06 bits per heavy atom. The summed E-state index contributed by atoms with van der Waals surface area (Å²) in [4.78, 5) is 25.8. The molecule has 1 saturated heterocycles. The van der Waals surface area contributed by atoms with Crippen molar-refractivity contribution in [2.75, 3.05) is 0 Å². The van der Waals surface area contributed by atoms with Gasteiger partial charge in [-0.15, -0.1) is 0 Å². The van der Waals surface area contributed by atoms with E-state index in [2.05, 4.69) is 26.8 Å². The molecule has 0 saturated carbocycles. The van der Waals surface area contributed by atoms with Crippen LogP contribution in [0.1, 0.15) is 162 Å². The maximum Gasteiger partial charge on any atom is 0.230 e. The number of rotatable bonds is 22. The molecule has 33 heavy (non-hydrogen) atoms. The summed E-state index contributed by atoms with van der Waals surface area (Å²) < 4.78 is 0. The summed E-state index contributed by atoms with van der Waals surface area (Å²) in [7, 11) is 0. The van der Waals surface area contributed by atoms with Gasteiger partial charge in [0.05, 0.1) is 6.04 Å². The SMILES string of the molecule is CCCCCCCCCCCCCCCCCCC/C=C(\C)C(CCC)N1C(=O)CCC1=O. The third-order valence-electron chi connectivity index (χ3n) is 7.26. The van der Waals surface area contributed by atoms with Crippen molar-refractivity contribution in [1.82, 2.24) is 4.90 Å². The normalized spacial score (nSPS) is 15.6. The third-order valence-corrected chi connectivity index (χ3v) is 7.26. The fourth-order valence-corrected chi connectivity index (χ4v) is 5.11. The first kappa shape index (κ1) is 29.9. The largest absolute Gasteiger partial charge is 0.275 e. The average Bonchev–Trinajstić information content (AvgIpc) is 3.14. The summed E-state index contributed by atoms with van der Waals surface area (Å²) in [6, 6.07) is -0.0108. The molecule has 0 aromatic heterocycles. The zero-order chi connectivity index (χ0) is 24.2. The van der Waals surface area contributed by atoms with E-state index in [0.717, 1.165) is 19.3 Å². The number of amides is 2. The first-order valence-electron chi connectivity index (χ1n) is 14.6. The van der Waals surface area contributed by atoms with E-state index >= 15 is 0 Å². The summed E-state index contributed by atoms with van der Waals surface area (Å²) >= 11 is 0. The van der Waals surface area contributed by atoms with E-state index in [1.807, 2.05) is 0 Å². The smallest absolute Gasteiger partial charge is 0.230 e. The number of allylic oxidation sites excluding steroid dienone is 1. The van der Waals surface area contributed by atoms with Crippen LogP contribution in [0.4, 0.5) is 0 Å². The highest BCUT2D eigenvalue weighted by Gasteiger charge is 2.34. The Kier molecular flexibility index (Phi) is 18.4. The zero-order valence-electron chi connectivity index (χ0n) is 22.5. The molecular weight excluding hydrogens is 406 g/mol. The summed E-state index contributed by atoms with van der Waals surface area (Å²) in [6.45, 7) is 6.52. The summed E-state index contributed by atoms with van der Waals surface area (Å²) in [5, 5.41) is 0. The van der Waals surface area contributed by atoms with Gasteiger partial charge in [-0.3, -0.25) is 14.5 Å². The van der Waals surface area contributed by atoms with Crippen LogP contribution in [0.3, 0.4) is 0 Å². The molecule has 3 heteroatoms. The van der Waals surface area contributed by atoms with Gasteiger partial charge in [0.15, 0.2) is 0 Å². The van der Waals surface area contributed by atoms with Crippen molar-refractivity contribution in [3.63, 3.8) is 0 Å². The molecule has 1 fully saturated rings. The number of imide groups is 1. The van der Waals surface area contributed by atoms with Crippen molar-refractivity contribution in [2.45, 2.75) is 168 Å². The Hall–Kier alpha value is -1.12. The van der Waals surface area contributed by atoms with Crippen molar-refractivity contribution in [1.29, 1.82) is 0 Å². The Bertz CT molecular complexity index is 523. The first-order valence-corrected chi connectivity index (χ1v) is 14.6. The lowest BCUT2D eigenvalue weighted by Crippen LogP contribution is -2.40. The van der Waals surface area contributed by atoms with Gasteiger partial charge in [-0.2, -0.15) is 0 Å². The van der Waals surface area contributed by atoms with Gasteiger partial charge in [0.25, 0.3) is 0 Å². The highest BCUT2D eigenvalue weighted by molar-refractivity contribution is 6.02. The van der Waals surface area contributed by atoms with Gasteiger partial charge >= 0.3 is 0 Å². The molecule has 1 heterocycles. The molecule has 0 spiro atoms. The lowest BCUT2D eigenvalue weighted by atomic mass is 9.99. The van der Waals surface area contributed by atoms with Crippen LogP contribution in [0.5, 0.6) is 0 Å². The van der Waals surface area contributed by atoms with Crippen molar-refractivity contribution in [3.8, 4) is 0 Å². The standard InChI is InChI=1S/C30H55NO2/c1-4-6-7-8-9-10-11-12-13-14-15-16-17-18-19-20-21-22-24-27(3)28(23-5-2)31-29(32)25-26-30(31)33/h24,28H,4-23,25-26H2,1-3H3/b27-24+. The highest BCUT2D eigenvalue weighted by Crippen LogP contribution is 2.24. The molecule has 2 amide bonds. The first-order chi connectivity index (χ1) is 16.1. The minimum Gasteiger partial charge on any atom is -0.275 e. The second kappa shape index (κ2) is 20.3. The number of carbonyl (C=O) groups excluding carboxylic acids is 2. The average molecular weight is 462 g/mol. The minimum absolute atomic E-state index is 0.0108. The zero-order valence-corrected chi connectivity index (χ0v) is 22.5. The van der Waals surface area contributed by atoms with E-state index in [1.54, 1.807) is 4.90 Å². The summed E-state index contributed by atoms with van der Waals surface area (Å²) in [5.41, 5.74) is 1.21. The summed E-state index contributed by atoms with van der Waals surface area (Å²) in [6.07, 6.45) is 29.8. The molecule has 3 nitrogen and oxygen atoms in total. The van der Waals surface area contributed by atoms with Gasteiger partial charge in [-0.25, -0.2) is 0 Å². The molecule has 0 aromatic carbocycles. The Morgan fingerprint density at radius 1 is 0.667 bits per heavy atom. The van der Waals surface area contributed by atoms with Crippen LogP contribution in [-0.2, 0) is 9.59 Å². The number of unbranched alkanes of at least 4 members (excludes halogenated alkanes) is 17. The second-order valence-corrected chi connectivity index (χ2v) is 10.4. The van der Waals surface area contributed by atoms with Crippen LogP contribution in [0.25, 0.3) is 0 Å². The van der Waals surface area contributed by atoms with Crippen LogP contribution in [0.15, 0.2) is 11.6 Å². The molecular formula is C30H55NO2. The van der Waals surface area contributed by atoms with Crippen LogP contribution >= 0.6 is 0 Å². The van der Waals surface area contributed by atoms with Gasteiger partial charge < -0.3 is 0 Å². The number of nitrogens with zero attached hydrogens (tertiary/aromatic N) is 1. The molecule has 1 unspecified atom stereocenters. The monoisotopic (exact) mass is 461 g/mol. The van der Waals surface area contributed by atoms with E-state index in [-0.39, 0.29) is 17.9 Å². The maximum absolute atomic E-state index is 12.1. The highest BCUT2D eigenvalue weighted by atomic mass is 16.2. The summed E-state index contributed by atoms with van der Waals surface area (Å²) in [5.74, 6) is 0.0352. The van der Waals surface area contributed by atoms with Gasteiger partial charge in [0.2, 0.25) is 11.8 Å². The lowest BCUT2D eigenvalue weighted by Gasteiger charge is -2.27. The molecule has 0 aliphatic carbocycles. The molecule has 192 valence electrons. The Balaban J connectivity index is 1.97. The van der Waals surface area contributed by atoms with Gasteiger partial charge in [-0.05, 0) is 26.2 Å². The van der Waals surface area contributed by atoms with Crippen molar-refractivity contribution < 1.29 is 9.59 Å². The van der Waals surface area contributed by atoms with E-state index in [1.165, 1.54) is 115 Å². The minimum atomic E-state index is -0.0108. The van der Waals surface area contributed by atoms with Crippen molar-refractivity contribution >= 4 is 11.8 Å². The van der Waals surface area contributed by atoms with Gasteiger partial charge in [0.1, 0.15) is 0 Å². The molecule has 0 N–H and O–H groups in total. The van der Waals surface area contributed by atoms with Crippen LogP contribution in [0.2, 0.25) is 0 Å². The van der Waals surface area contributed by atoms with Crippen LogP contribution in [-0.4, -0.2) is 22.8 Å². The maximum atomic E-state index is 12.1. The lowest BCUT2D eigenvalue weighted by molar-refractivity contribution is -0.140. The van der Waals surface area contributed by atoms with E-state index in [4.69, 9.17) is 0 Å². The molecule has 1 atom stereocenters. The van der Waals surface area contributed by atoms with Crippen molar-refractivity contribution in [2.24, 2.45) is 0 Å². The Labute approximate surface area is 206 Å². The van der Waals surface area contributed by atoms with E-state index in [9.17, 15) is 9.59 Å². The van der Waals surface area contributed by atoms with Crippen LogP contribution in [0, 0.1) is 0 Å². The van der Waals surface area contributed by atoms with E-state index in [0.29, 0.717) is 12.8 Å². The number of hydrogen-bond donors (Lipinski definition) is 0. The molecule has 1 aliphatic rings. The van der Waals surface area contributed by atoms with E-state index < -0.39 is 0 Å². The quantitative estimate of drug-likeness (QED) is 0.0914. The number of carbonyl (C=O) groups is 2. The fourth-order valence-electron chi connectivity index (χ4n) is 5.11. The molecule has 0 radical (unpaired) electrons. The second-order valence-electron chi connectivity index (χ2n) is 10.4. The molecule has 0 aromatic rings. The van der Waals surface area contributed by atoms with Gasteiger partial charge in [0, 0.05) is 12.8 Å². The topological polar surface area (TPSA) is 37.4 Å².